The largest absolute Gasteiger partial charge is 0.507 e. The van der Waals surface area contributed by atoms with E-state index in [0.29, 0.717) is 28.5 Å². The van der Waals surface area contributed by atoms with Crippen molar-refractivity contribution in [2.45, 2.75) is 13.0 Å². The van der Waals surface area contributed by atoms with Crippen LogP contribution in [-0.4, -0.2) is 38.1 Å². The highest BCUT2D eigenvalue weighted by Crippen LogP contribution is 2.45. The molecule has 0 aliphatic carbocycles. The summed E-state index contributed by atoms with van der Waals surface area (Å²) in [6.45, 7) is 1.91. The number of hydrogen-bond acceptors (Lipinski definition) is 7. The molecule has 4 rings (SSSR count). The molecule has 8 heteroatoms. The van der Waals surface area contributed by atoms with E-state index in [1.54, 1.807) is 42.5 Å². The zero-order chi connectivity index (χ0) is 23.7. The molecule has 1 atom stereocenters. The normalized spacial score (nSPS) is 17.3. The minimum Gasteiger partial charge on any atom is -0.507 e. The molecular formula is C25H23NO6S. The van der Waals surface area contributed by atoms with Crippen molar-refractivity contribution >= 4 is 34.5 Å². The van der Waals surface area contributed by atoms with Crippen LogP contribution in [0, 0.1) is 6.92 Å². The summed E-state index contributed by atoms with van der Waals surface area (Å²) in [5, 5.41) is 13.2. The smallest absolute Gasteiger partial charge is 0.300 e. The first-order valence-electron chi connectivity index (χ1n) is 10.1. The van der Waals surface area contributed by atoms with Gasteiger partial charge < -0.3 is 19.3 Å². The molecule has 1 unspecified atom stereocenters. The number of carbonyl (C=O) groups excluding carboxylic acids is 2. The number of aryl methyl sites for hydroxylation is 1. The molecule has 1 aromatic heterocycles. The number of amides is 1. The summed E-state index contributed by atoms with van der Waals surface area (Å²) in [6, 6.07) is 12.9. The predicted molar refractivity (Wildman–Crippen MR) is 126 cm³/mol. The fourth-order valence-electron chi connectivity index (χ4n) is 3.91. The number of ketones is 1. The van der Waals surface area contributed by atoms with Crippen LogP contribution >= 0.6 is 11.3 Å². The van der Waals surface area contributed by atoms with Crippen molar-refractivity contribution < 1.29 is 28.9 Å². The maximum absolute atomic E-state index is 13.3. The van der Waals surface area contributed by atoms with Crippen molar-refractivity contribution in [1.29, 1.82) is 0 Å². The van der Waals surface area contributed by atoms with Crippen molar-refractivity contribution in [3.63, 3.8) is 0 Å². The first-order chi connectivity index (χ1) is 15.9. The van der Waals surface area contributed by atoms with E-state index in [9.17, 15) is 14.7 Å². The third-order valence-corrected chi connectivity index (χ3v) is 6.65. The zero-order valence-corrected chi connectivity index (χ0v) is 19.4. The van der Waals surface area contributed by atoms with Crippen LogP contribution in [0.3, 0.4) is 0 Å². The van der Waals surface area contributed by atoms with Crippen LogP contribution in [0.5, 0.6) is 17.2 Å². The lowest BCUT2D eigenvalue weighted by molar-refractivity contribution is -0.132. The summed E-state index contributed by atoms with van der Waals surface area (Å²) in [7, 11) is 4.53. The Morgan fingerprint density at radius 1 is 0.970 bits per heavy atom. The van der Waals surface area contributed by atoms with Crippen molar-refractivity contribution in [2.75, 3.05) is 26.2 Å². The zero-order valence-electron chi connectivity index (χ0n) is 18.6. The molecule has 0 saturated carbocycles. The molecule has 1 N–H and O–H groups in total. The first-order valence-corrected chi connectivity index (χ1v) is 11.0. The van der Waals surface area contributed by atoms with E-state index in [1.807, 2.05) is 18.4 Å². The predicted octanol–water partition coefficient (Wildman–Crippen LogP) is 4.71. The number of hydrogen-bond donors (Lipinski definition) is 1. The van der Waals surface area contributed by atoms with E-state index in [2.05, 4.69) is 0 Å². The highest BCUT2D eigenvalue weighted by Gasteiger charge is 2.48. The molecule has 0 radical (unpaired) electrons. The molecular weight excluding hydrogens is 442 g/mol. The van der Waals surface area contributed by atoms with Gasteiger partial charge in [-0.3, -0.25) is 14.5 Å². The minimum atomic E-state index is -0.787. The van der Waals surface area contributed by atoms with Crippen LogP contribution in [0.1, 0.15) is 22.0 Å². The second-order valence-corrected chi connectivity index (χ2v) is 8.36. The Morgan fingerprint density at radius 3 is 2.36 bits per heavy atom. The van der Waals surface area contributed by atoms with E-state index in [0.717, 1.165) is 10.4 Å². The molecule has 2 aromatic carbocycles. The number of aliphatic hydroxyl groups is 1. The van der Waals surface area contributed by atoms with Crippen LogP contribution in [-0.2, 0) is 9.59 Å². The highest BCUT2D eigenvalue weighted by molar-refractivity contribution is 7.10. The van der Waals surface area contributed by atoms with Gasteiger partial charge >= 0.3 is 0 Å². The van der Waals surface area contributed by atoms with Gasteiger partial charge in [0.05, 0.1) is 26.9 Å². The summed E-state index contributed by atoms with van der Waals surface area (Å²) >= 11 is 1.42. The van der Waals surface area contributed by atoms with Crippen LogP contribution in [0.15, 0.2) is 59.5 Å². The van der Waals surface area contributed by atoms with Gasteiger partial charge in [-0.2, -0.15) is 0 Å². The van der Waals surface area contributed by atoms with Crippen LogP contribution in [0.25, 0.3) is 5.76 Å². The van der Waals surface area contributed by atoms with Crippen molar-refractivity contribution in [1.82, 2.24) is 0 Å². The fraction of sp³-hybridized carbons (Fsp3) is 0.200. The SMILES string of the molecule is COc1cccc(N2C(=O)C(=O)/C(=C(\O)c3ccc(OC)c(OC)c3)C2c2sccc2C)c1. The molecule has 1 amide bonds. The summed E-state index contributed by atoms with van der Waals surface area (Å²) in [6.07, 6.45) is 0. The van der Waals surface area contributed by atoms with Gasteiger partial charge in [0.15, 0.2) is 11.5 Å². The standard InChI is InChI=1S/C25H23NO6S/c1-14-10-11-33-24(14)21-20(22(27)15-8-9-18(31-3)19(12-15)32-4)23(28)25(29)26(21)16-6-5-7-17(13-16)30-2/h5-13,21,27H,1-4H3/b22-20-. The quantitative estimate of drug-likeness (QED) is 0.322. The fourth-order valence-corrected chi connectivity index (χ4v) is 4.94. The van der Waals surface area contributed by atoms with Gasteiger partial charge in [0.1, 0.15) is 17.6 Å². The number of aliphatic hydroxyl groups excluding tert-OH is 1. The molecule has 1 aliphatic rings. The van der Waals surface area contributed by atoms with Gasteiger partial charge in [-0.15, -0.1) is 11.3 Å². The van der Waals surface area contributed by atoms with Gasteiger partial charge in [0, 0.05) is 22.2 Å². The molecule has 170 valence electrons. The topological polar surface area (TPSA) is 85.3 Å². The van der Waals surface area contributed by atoms with Gasteiger partial charge in [-0.1, -0.05) is 6.07 Å². The van der Waals surface area contributed by atoms with Crippen molar-refractivity contribution in [3.05, 3.63) is 75.5 Å². The Balaban J connectivity index is 1.94. The number of ether oxygens (including phenoxy) is 3. The average Bonchev–Trinajstić information content (AvgIpc) is 3.38. The molecule has 3 aromatic rings. The maximum atomic E-state index is 13.3. The molecule has 0 spiro atoms. The number of Topliss-reactive ketones (excluding diaryl/α,β-unsaturated/α-hetero) is 1. The molecule has 1 aliphatic heterocycles. The second-order valence-electron chi connectivity index (χ2n) is 7.41. The van der Waals surface area contributed by atoms with Crippen molar-refractivity contribution in [2.24, 2.45) is 0 Å². The van der Waals surface area contributed by atoms with Crippen LogP contribution in [0.4, 0.5) is 5.69 Å². The number of anilines is 1. The number of rotatable bonds is 6. The summed E-state index contributed by atoms with van der Waals surface area (Å²) < 4.78 is 15.9. The molecule has 33 heavy (non-hydrogen) atoms. The van der Waals surface area contributed by atoms with Crippen LogP contribution in [0.2, 0.25) is 0 Å². The maximum Gasteiger partial charge on any atom is 0.300 e. The third kappa shape index (κ3) is 3.82. The molecule has 7 nitrogen and oxygen atoms in total. The Morgan fingerprint density at radius 2 is 1.73 bits per heavy atom. The lowest BCUT2D eigenvalue weighted by Crippen LogP contribution is -2.29. The molecule has 1 saturated heterocycles. The van der Waals surface area contributed by atoms with Gasteiger partial charge in [0.2, 0.25) is 0 Å². The average molecular weight is 466 g/mol. The summed E-state index contributed by atoms with van der Waals surface area (Å²) in [5.74, 6) is -0.330. The van der Waals surface area contributed by atoms with Crippen molar-refractivity contribution in [3.8, 4) is 17.2 Å². The minimum absolute atomic E-state index is 0.0144. The monoisotopic (exact) mass is 465 g/mol. The second kappa shape index (κ2) is 8.99. The van der Waals surface area contributed by atoms with Gasteiger partial charge in [-0.05, 0) is 54.3 Å². The van der Waals surface area contributed by atoms with E-state index in [4.69, 9.17) is 14.2 Å². The number of methoxy groups -OCH3 is 3. The lowest BCUT2D eigenvalue weighted by Gasteiger charge is -2.25. The first kappa shape index (κ1) is 22.4. The van der Waals surface area contributed by atoms with E-state index < -0.39 is 17.7 Å². The number of thiophene rings is 1. The van der Waals surface area contributed by atoms with E-state index >= 15 is 0 Å². The number of nitrogens with zero attached hydrogens (tertiary/aromatic N) is 1. The number of benzene rings is 2. The lowest BCUT2D eigenvalue weighted by atomic mass is 9.98. The number of carbonyl (C=O) groups is 2. The van der Waals surface area contributed by atoms with Gasteiger partial charge in [0.25, 0.3) is 11.7 Å². The van der Waals surface area contributed by atoms with E-state index in [1.165, 1.54) is 37.6 Å². The Labute approximate surface area is 195 Å². The van der Waals surface area contributed by atoms with Crippen LogP contribution < -0.4 is 19.1 Å². The van der Waals surface area contributed by atoms with E-state index in [-0.39, 0.29) is 11.3 Å². The summed E-state index contributed by atoms with van der Waals surface area (Å²) in [5.41, 5.74) is 1.77. The Bertz CT molecular complexity index is 1260. The Kier molecular flexibility index (Phi) is 6.11. The molecule has 0 bridgehead atoms. The Hall–Kier alpha value is -3.78. The third-order valence-electron chi connectivity index (χ3n) is 5.58. The molecule has 1 fully saturated rings. The summed E-state index contributed by atoms with van der Waals surface area (Å²) in [4.78, 5) is 28.7. The molecule has 2 heterocycles. The highest BCUT2D eigenvalue weighted by atomic mass is 32.1. The van der Waals surface area contributed by atoms with Gasteiger partial charge in [-0.25, -0.2) is 0 Å².